The first-order chi connectivity index (χ1) is 10.2. The van der Waals surface area contributed by atoms with Crippen LogP contribution < -0.4 is 14.8 Å². The molecule has 21 heavy (non-hydrogen) atoms. The van der Waals surface area contributed by atoms with Crippen LogP contribution >= 0.6 is 0 Å². The summed E-state index contributed by atoms with van der Waals surface area (Å²) in [5, 5.41) is 13.3. The summed E-state index contributed by atoms with van der Waals surface area (Å²) < 4.78 is 10.7. The van der Waals surface area contributed by atoms with Gasteiger partial charge in [0.2, 0.25) is 0 Å². The molecule has 4 heteroatoms. The van der Waals surface area contributed by atoms with E-state index in [-0.39, 0.29) is 11.8 Å². The van der Waals surface area contributed by atoms with Crippen LogP contribution in [0.5, 0.6) is 17.2 Å². The lowest BCUT2D eigenvalue weighted by Gasteiger charge is -2.16. The molecule has 1 atom stereocenters. The van der Waals surface area contributed by atoms with Crippen molar-refractivity contribution in [3.05, 3.63) is 54.1 Å². The Morgan fingerprint density at radius 3 is 2.52 bits per heavy atom. The number of benzene rings is 2. The minimum Gasteiger partial charge on any atom is -0.507 e. The fraction of sp³-hybridized carbons (Fsp3) is 0.294. The molecule has 0 heterocycles. The van der Waals surface area contributed by atoms with Crippen LogP contribution in [0.25, 0.3) is 0 Å². The Kier molecular flexibility index (Phi) is 5.46. The average Bonchev–Trinajstić information content (AvgIpc) is 2.52. The Bertz CT molecular complexity index is 557. The van der Waals surface area contributed by atoms with Gasteiger partial charge >= 0.3 is 0 Å². The van der Waals surface area contributed by atoms with Crippen LogP contribution in [0, 0.1) is 0 Å². The van der Waals surface area contributed by atoms with Gasteiger partial charge in [-0.2, -0.15) is 0 Å². The predicted octanol–water partition coefficient (Wildman–Crippen LogP) is 3.13. The Hall–Kier alpha value is -2.20. The fourth-order valence-electron chi connectivity index (χ4n) is 2.09. The highest BCUT2D eigenvalue weighted by molar-refractivity contribution is 5.41. The van der Waals surface area contributed by atoms with E-state index in [1.54, 1.807) is 13.2 Å². The number of nitrogens with one attached hydrogen (secondary N) is 1. The Morgan fingerprint density at radius 1 is 1.10 bits per heavy atom. The van der Waals surface area contributed by atoms with Crippen LogP contribution in [0.1, 0.15) is 18.5 Å². The van der Waals surface area contributed by atoms with Gasteiger partial charge < -0.3 is 19.9 Å². The van der Waals surface area contributed by atoms with Gasteiger partial charge in [-0.3, -0.25) is 0 Å². The zero-order chi connectivity index (χ0) is 15.1. The van der Waals surface area contributed by atoms with E-state index in [9.17, 15) is 5.11 Å². The number of hydrogen-bond donors (Lipinski definition) is 2. The fourth-order valence-corrected chi connectivity index (χ4v) is 2.09. The highest BCUT2D eigenvalue weighted by Gasteiger charge is 2.10. The molecule has 0 aliphatic carbocycles. The number of aromatic hydroxyl groups is 1. The number of para-hydroxylation sites is 1. The molecule has 0 aliphatic rings. The number of ether oxygens (including phenoxy) is 2. The zero-order valence-electron chi connectivity index (χ0n) is 12.4. The van der Waals surface area contributed by atoms with Gasteiger partial charge in [0, 0.05) is 24.2 Å². The molecule has 0 saturated heterocycles. The zero-order valence-corrected chi connectivity index (χ0v) is 12.4. The van der Waals surface area contributed by atoms with Gasteiger partial charge in [-0.05, 0) is 25.1 Å². The van der Waals surface area contributed by atoms with Crippen molar-refractivity contribution in [1.29, 1.82) is 0 Å². The second-order valence-electron chi connectivity index (χ2n) is 4.76. The minimum atomic E-state index is 0.0373. The van der Waals surface area contributed by atoms with Crippen molar-refractivity contribution in [2.75, 3.05) is 20.3 Å². The summed E-state index contributed by atoms with van der Waals surface area (Å²) >= 11 is 0. The lowest BCUT2D eigenvalue weighted by molar-refractivity contribution is 0.306. The van der Waals surface area contributed by atoms with Crippen LogP contribution in [0.2, 0.25) is 0 Å². The number of phenols is 1. The third-order valence-electron chi connectivity index (χ3n) is 3.27. The summed E-state index contributed by atoms with van der Waals surface area (Å²) in [4.78, 5) is 0. The Morgan fingerprint density at radius 2 is 1.86 bits per heavy atom. The third kappa shape index (κ3) is 4.39. The van der Waals surface area contributed by atoms with Crippen LogP contribution in [0.3, 0.4) is 0 Å². The first-order valence-electron chi connectivity index (χ1n) is 6.99. The molecule has 2 N–H and O–H groups in total. The van der Waals surface area contributed by atoms with E-state index in [1.807, 2.05) is 49.4 Å². The van der Waals surface area contributed by atoms with Crippen molar-refractivity contribution in [3.63, 3.8) is 0 Å². The number of phenolic OH excluding ortho intramolecular Hbond substituents is 1. The molecule has 0 aromatic heterocycles. The number of methoxy groups -OCH3 is 1. The van der Waals surface area contributed by atoms with E-state index < -0.39 is 0 Å². The predicted molar refractivity (Wildman–Crippen MR) is 83.0 cm³/mol. The lowest BCUT2D eigenvalue weighted by Crippen LogP contribution is -2.24. The SMILES string of the molecule is COc1ccc(C(C)NCCOc2ccccc2)c(O)c1. The quantitative estimate of drug-likeness (QED) is 0.768. The van der Waals surface area contributed by atoms with Crippen molar-refractivity contribution in [1.82, 2.24) is 5.32 Å². The maximum absolute atomic E-state index is 9.98. The molecule has 0 aliphatic heterocycles. The van der Waals surface area contributed by atoms with E-state index in [0.717, 1.165) is 11.3 Å². The van der Waals surface area contributed by atoms with Crippen molar-refractivity contribution in [3.8, 4) is 17.2 Å². The smallest absolute Gasteiger partial charge is 0.124 e. The summed E-state index contributed by atoms with van der Waals surface area (Å²) in [6, 6.07) is 15.1. The summed E-state index contributed by atoms with van der Waals surface area (Å²) in [6.07, 6.45) is 0. The monoisotopic (exact) mass is 287 g/mol. The van der Waals surface area contributed by atoms with Crippen molar-refractivity contribution in [2.24, 2.45) is 0 Å². The molecule has 2 aromatic rings. The topological polar surface area (TPSA) is 50.7 Å². The first kappa shape index (κ1) is 15.2. The summed E-state index contributed by atoms with van der Waals surface area (Å²) in [5.41, 5.74) is 0.843. The van der Waals surface area contributed by atoms with Gasteiger partial charge in [0.05, 0.1) is 7.11 Å². The molecular weight excluding hydrogens is 266 g/mol. The van der Waals surface area contributed by atoms with Crippen LogP contribution in [0.4, 0.5) is 0 Å². The van der Waals surface area contributed by atoms with Gasteiger partial charge in [0.1, 0.15) is 23.9 Å². The van der Waals surface area contributed by atoms with Crippen LogP contribution in [0.15, 0.2) is 48.5 Å². The standard InChI is InChI=1S/C17H21NO3/c1-13(16-9-8-15(20-2)12-17(16)19)18-10-11-21-14-6-4-3-5-7-14/h3-9,12-13,18-19H,10-11H2,1-2H3. The van der Waals surface area contributed by atoms with E-state index in [1.165, 1.54) is 0 Å². The molecule has 1 unspecified atom stereocenters. The molecule has 0 amide bonds. The highest BCUT2D eigenvalue weighted by Crippen LogP contribution is 2.28. The summed E-state index contributed by atoms with van der Waals surface area (Å²) in [5.74, 6) is 1.74. The normalized spacial score (nSPS) is 11.9. The molecule has 0 bridgehead atoms. The van der Waals surface area contributed by atoms with E-state index >= 15 is 0 Å². The Balaban J connectivity index is 1.80. The molecule has 2 rings (SSSR count). The lowest BCUT2D eigenvalue weighted by atomic mass is 10.1. The molecule has 112 valence electrons. The molecule has 4 nitrogen and oxygen atoms in total. The second kappa shape index (κ2) is 7.55. The highest BCUT2D eigenvalue weighted by atomic mass is 16.5. The van der Waals surface area contributed by atoms with E-state index in [4.69, 9.17) is 9.47 Å². The van der Waals surface area contributed by atoms with Gasteiger partial charge in [-0.15, -0.1) is 0 Å². The second-order valence-corrected chi connectivity index (χ2v) is 4.76. The summed E-state index contributed by atoms with van der Waals surface area (Å²) in [6.45, 7) is 3.27. The number of rotatable bonds is 7. The summed E-state index contributed by atoms with van der Waals surface area (Å²) in [7, 11) is 1.58. The molecule has 2 aromatic carbocycles. The largest absolute Gasteiger partial charge is 0.507 e. The van der Waals surface area contributed by atoms with Gasteiger partial charge in [0.25, 0.3) is 0 Å². The van der Waals surface area contributed by atoms with Crippen molar-refractivity contribution >= 4 is 0 Å². The Labute approximate surface area is 125 Å². The third-order valence-corrected chi connectivity index (χ3v) is 3.27. The molecule has 0 radical (unpaired) electrons. The maximum Gasteiger partial charge on any atom is 0.124 e. The van der Waals surface area contributed by atoms with E-state index in [2.05, 4.69) is 5.32 Å². The van der Waals surface area contributed by atoms with Crippen LogP contribution in [-0.4, -0.2) is 25.4 Å². The molecule has 0 saturated carbocycles. The van der Waals surface area contributed by atoms with Crippen LogP contribution in [-0.2, 0) is 0 Å². The maximum atomic E-state index is 9.98. The van der Waals surface area contributed by atoms with Crippen molar-refractivity contribution < 1.29 is 14.6 Å². The average molecular weight is 287 g/mol. The van der Waals surface area contributed by atoms with Gasteiger partial charge in [-0.1, -0.05) is 24.3 Å². The minimum absolute atomic E-state index is 0.0373. The molecule has 0 fully saturated rings. The van der Waals surface area contributed by atoms with E-state index in [0.29, 0.717) is 18.9 Å². The molecular formula is C17H21NO3. The first-order valence-corrected chi connectivity index (χ1v) is 6.99. The number of hydrogen-bond acceptors (Lipinski definition) is 4. The molecule has 0 spiro atoms. The van der Waals surface area contributed by atoms with Gasteiger partial charge in [-0.25, -0.2) is 0 Å². The van der Waals surface area contributed by atoms with Gasteiger partial charge in [0.15, 0.2) is 0 Å². The van der Waals surface area contributed by atoms with Crippen molar-refractivity contribution in [2.45, 2.75) is 13.0 Å².